The fourth-order valence-corrected chi connectivity index (χ4v) is 3.58. The summed E-state index contributed by atoms with van der Waals surface area (Å²) in [7, 11) is 0. The molecule has 0 radical (unpaired) electrons. The van der Waals surface area contributed by atoms with E-state index in [1.807, 2.05) is 6.07 Å². The van der Waals surface area contributed by atoms with Gasteiger partial charge in [-0.05, 0) is 19.1 Å². The Hall–Kier alpha value is -1.26. The Morgan fingerprint density at radius 1 is 1.25 bits per heavy atom. The Kier molecular flexibility index (Phi) is 4.43. The lowest BCUT2D eigenvalue weighted by molar-refractivity contribution is 0.295. The molecular formula is C16H21N3S. The van der Waals surface area contributed by atoms with Crippen molar-refractivity contribution in [1.29, 1.82) is 0 Å². The number of pyridine rings is 1. The van der Waals surface area contributed by atoms with Gasteiger partial charge < -0.3 is 5.32 Å². The minimum absolute atomic E-state index is 0.911. The third-order valence-electron chi connectivity index (χ3n) is 3.64. The lowest BCUT2D eigenvalue weighted by Gasteiger charge is -2.27. The van der Waals surface area contributed by atoms with Gasteiger partial charge in [-0.3, -0.25) is 4.90 Å². The molecule has 1 fully saturated rings. The zero-order valence-corrected chi connectivity index (χ0v) is 12.7. The number of aromatic nitrogens is 1. The monoisotopic (exact) mass is 287 g/mol. The fourth-order valence-electron chi connectivity index (χ4n) is 2.60. The lowest BCUT2D eigenvalue weighted by atomic mass is 10.1. The number of nitrogens with zero attached hydrogens (tertiary/aromatic N) is 2. The van der Waals surface area contributed by atoms with Crippen LogP contribution in [0.3, 0.4) is 0 Å². The smallest absolute Gasteiger partial charge is 0.131 e. The minimum Gasteiger partial charge on any atom is -0.370 e. The highest BCUT2D eigenvalue weighted by Gasteiger charge is 2.14. The summed E-state index contributed by atoms with van der Waals surface area (Å²) >= 11 is 2.05. The molecule has 0 saturated carbocycles. The van der Waals surface area contributed by atoms with E-state index in [2.05, 4.69) is 53.2 Å². The first-order chi connectivity index (χ1) is 9.86. The van der Waals surface area contributed by atoms with Crippen LogP contribution in [0.5, 0.6) is 0 Å². The van der Waals surface area contributed by atoms with Crippen LogP contribution < -0.4 is 5.32 Å². The second-order valence-electron chi connectivity index (χ2n) is 5.11. The molecule has 1 aromatic heterocycles. The molecular weight excluding hydrogens is 266 g/mol. The van der Waals surface area contributed by atoms with E-state index in [0.717, 1.165) is 24.4 Å². The van der Waals surface area contributed by atoms with Crippen molar-refractivity contribution in [2.24, 2.45) is 0 Å². The number of para-hydroxylation sites is 1. The first-order valence-corrected chi connectivity index (χ1v) is 8.45. The molecule has 20 heavy (non-hydrogen) atoms. The molecule has 106 valence electrons. The zero-order valence-electron chi connectivity index (χ0n) is 11.9. The second-order valence-corrected chi connectivity index (χ2v) is 6.33. The van der Waals surface area contributed by atoms with Gasteiger partial charge in [0, 0.05) is 48.6 Å². The number of hydrogen-bond donors (Lipinski definition) is 1. The summed E-state index contributed by atoms with van der Waals surface area (Å²) in [5.41, 5.74) is 2.39. The average molecular weight is 287 g/mol. The summed E-state index contributed by atoms with van der Waals surface area (Å²) in [6.45, 7) is 6.40. The van der Waals surface area contributed by atoms with Crippen LogP contribution >= 0.6 is 11.8 Å². The molecule has 0 spiro atoms. The van der Waals surface area contributed by atoms with Crippen molar-refractivity contribution < 1.29 is 0 Å². The van der Waals surface area contributed by atoms with E-state index in [1.165, 1.54) is 35.5 Å². The fraction of sp³-hybridized carbons (Fsp3) is 0.438. The van der Waals surface area contributed by atoms with Crippen LogP contribution in [-0.2, 0) is 6.54 Å². The average Bonchev–Trinajstić information content (AvgIpc) is 2.49. The highest BCUT2D eigenvalue weighted by atomic mass is 32.2. The van der Waals surface area contributed by atoms with Gasteiger partial charge in [-0.1, -0.05) is 18.2 Å². The van der Waals surface area contributed by atoms with Gasteiger partial charge in [0.2, 0.25) is 0 Å². The van der Waals surface area contributed by atoms with Gasteiger partial charge in [-0.15, -0.1) is 0 Å². The van der Waals surface area contributed by atoms with E-state index < -0.39 is 0 Å². The maximum Gasteiger partial charge on any atom is 0.131 e. The summed E-state index contributed by atoms with van der Waals surface area (Å²) in [4.78, 5) is 7.32. The highest BCUT2D eigenvalue weighted by molar-refractivity contribution is 7.99. The topological polar surface area (TPSA) is 28.2 Å². The Morgan fingerprint density at radius 2 is 2.05 bits per heavy atom. The Balaban J connectivity index is 1.91. The van der Waals surface area contributed by atoms with Gasteiger partial charge in [0.05, 0.1) is 5.52 Å². The van der Waals surface area contributed by atoms with E-state index >= 15 is 0 Å². The third-order valence-corrected chi connectivity index (χ3v) is 4.59. The quantitative estimate of drug-likeness (QED) is 0.934. The maximum atomic E-state index is 4.79. The molecule has 1 aliphatic rings. The van der Waals surface area contributed by atoms with Crippen LogP contribution in [0.2, 0.25) is 0 Å². The summed E-state index contributed by atoms with van der Waals surface area (Å²) < 4.78 is 0. The Labute approximate surface area is 124 Å². The molecule has 1 aromatic carbocycles. The lowest BCUT2D eigenvalue weighted by Crippen LogP contribution is -2.32. The summed E-state index contributed by atoms with van der Waals surface area (Å²) in [6.07, 6.45) is 0. The Bertz CT molecular complexity index is 579. The normalized spacial score (nSPS) is 16.4. The predicted octanol–water partition coefficient (Wildman–Crippen LogP) is 3.22. The molecule has 1 saturated heterocycles. The van der Waals surface area contributed by atoms with Gasteiger partial charge >= 0.3 is 0 Å². The van der Waals surface area contributed by atoms with Gasteiger partial charge in [0.25, 0.3) is 0 Å². The molecule has 4 heteroatoms. The number of fused-ring (bicyclic) bond motifs is 1. The Morgan fingerprint density at radius 3 is 2.85 bits per heavy atom. The van der Waals surface area contributed by atoms with E-state index in [9.17, 15) is 0 Å². The van der Waals surface area contributed by atoms with Gasteiger partial charge in [0.1, 0.15) is 5.82 Å². The van der Waals surface area contributed by atoms with Crippen molar-refractivity contribution >= 4 is 28.5 Å². The molecule has 0 unspecified atom stereocenters. The number of benzene rings is 1. The molecule has 1 aliphatic heterocycles. The van der Waals surface area contributed by atoms with Crippen LogP contribution in [0.1, 0.15) is 12.5 Å². The van der Waals surface area contributed by atoms with Crippen molar-refractivity contribution in [3.63, 3.8) is 0 Å². The van der Waals surface area contributed by atoms with E-state index in [-0.39, 0.29) is 0 Å². The van der Waals surface area contributed by atoms with Crippen LogP contribution in [0.4, 0.5) is 5.82 Å². The predicted molar refractivity (Wildman–Crippen MR) is 88.5 cm³/mol. The van der Waals surface area contributed by atoms with E-state index in [0.29, 0.717) is 0 Å². The second kappa shape index (κ2) is 6.46. The molecule has 1 N–H and O–H groups in total. The van der Waals surface area contributed by atoms with Crippen molar-refractivity contribution in [3.05, 3.63) is 35.9 Å². The molecule has 3 nitrogen and oxygen atoms in total. The van der Waals surface area contributed by atoms with Gasteiger partial charge in [-0.2, -0.15) is 11.8 Å². The van der Waals surface area contributed by atoms with E-state index in [4.69, 9.17) is 4.98 Å². The standard InChI is InChI=1S/C16H21N3S/c1-2-17-16-14(12-19-7-9-20-10-8-19)11-13-5-3-4-6-15(13)18-16/h3-6,11H,2,7-10,12H2,1H3,(H,17,18). The number of nitrogens with one attached hydrogen (secondary N) is 1. The van der Waals surface area contributed by atoms with Crippen molar-refractivity contribution in [1.82, 2.24) is 9.88 Å². The molecule has 0 bridgehead atoms. The zero-order chi connectivity index (χ0) is 13.8. The molecule has 2 aromatic rings. The van der Waals surface area contributed by atoms with Gasteiger partial charge in [-0.25, -0.2) is 4.98 Å². The van der Waals surface area contributed by atoms with Crippen molar-refractivity contribution in [2.45, 2.75) is 13.5 Å². The van der Waals surface area contributed by atoms with Crippen LogP contribution in [0, 0.1) is 0 Å². The molecule has 0 amide bonds. The number of thioether (sulfide) groups is 1. The molecule has 0 aliphatic carbocycles. The number of anilines is 1. The van der Waals surface area contributed by atoms with E-state index in [1.54, 1.807) is 0 Å². The molecule has 0 atom stereocenters. The minimum atomic E-state index is 0.911. The third kappa shape index (κ3) is 3.07. The summed E-state index contributed by atoms with van der Waals surface area (Å²) in [6, 6.07) is 10.7. The summed E-state index contributed by atoms with van der Waals surface area (Å²) in [5, 5.41) is 4.65. The SMILES string of the molecule is CCNc1nc2ccccc2cc1CN1CCSCC1. The molecule has 3 rings (SSSR count). The van der Waals surface area contributed by atoms with Crippen LogP contribution in [0.25, 0.3) is 10.9 Å². The van der Waals surface area contributed by atoms with Crippen LogP contribution in [0.15, 0.2) is 30.3 Å². The van der Waals surface area contributed by atoms with Crippen molar-refractivity contribution in [3.8, 4) is 0 Å². The largest absolute Gasteiger partial charge is 0.370 e. The van der Waals surface area contributed by atoms with Crippen molar-refractivity contribution in [2.75, 3.05) is 36.5 Å². The first-order valence-electron chi connectivity index (χ1n) is 7.29. The highest BCUT2D eigenvalue weighted by Crippen LogP contribution is 2.23. The molecule has 2 heterocycles. The van der Waals surface area contributed by atoms with Crippen LogP contribution in [-0.4, -0.2) is 41.0 Å². The summed E-state index contributed by atoms with van der Waals surface area (Å²) in [5.74, 6) is 3.54. The van der Waals surface area contributed by atoms with Gasteiger partial charge in [0.15, 0.2) is 0 Å². The first kappa shape index (κ1) is 13.7. The number of hydrogen-bond acceptors (Lipinski definition) is 4. The maximum absolute atomic E-state index is 4.79. The number of rotatable bonds is 4.